The number of carbonyl (C=O) groups excluding carboxylic acids is 1. The van der Waals surface area contributed by atoms with Crippen LogP contribution in [0.5, 0.6) is 0 Å². The molecule has 138 valence electrons. The van der Waals surface area contributed by atoms with Crippen molar-refractivity contribution in [3.8, 4) is 0 Å². The highest BCUT2D eigenvalue weighted by atomic mass is 32.2. The number of hydrogen-bond donors (Lipinski definition) is 1. The quantitative estimate of drug-likeness (QED) is 0.630. The highest BCUT2D eigenvalue weighted by Crippen LogP contribution is 2.27. The normalized spacial score (nSPS) is 14.7. The lowest BCUT2D eigenvalue weighted by Gasteiger charge is -2.31. The molecule has 8 nitrogen and oxygen atoms in total. The Morgan fingerprint density at radius 1 is 1.38 bits per heavy atom. The van der Waals surface area contributed by atoms with Crippen LogP contribution in [0.3, 0.4) is 0 Å². The first kappa shape index (κ1) is 18.4. The Labute approximate surface area is 156 Å². The predicted molar refractivity (Wildman–Crippen MR) is 100 cm³/mol. The Kier molecular flexibility index (Phi) is 5.26. The first-order chi connectivity index (χ1) is 12.3. The molecule has 1 amide bonds. The molecule has 0 aromatic carbocycles. The second-order valence-electron chi connectivity index (χ2n) is 6.48. The number of hydrogen-bond acceptors (Lipinski definition) is 7. The molecule has 3 rings (SSSR count). The van der Waals surface area contributed by atoms with E-state index in [1.54, 1.807) is 18.2 Å². The monoisotopic (exact) mass is 374 g/mol. The van der Waals surface area contributed by atoms with Gasteiger partial charge in [-0.2, -0.15) is 0 Å². The molecule has 26 heavy (non-hydrogen) atoms. The SMILES string of the molecule is Cc1cc(=O)[nH]c(S[C@H](C)C(=O)N2CCc3c(ncnc3N(C)C)C2)n1. The van der Waals surface area contributed by atoms with E-state index < -0.39 is 0 Å². The van der Waals surface area contributed by atoms with E-state index in [1.165, 1.54) is 17.8 Å². The van der Waals surface area contributed by atoms with Crippen LogP contribution in [-0.4, -0.2) is 56.6 Å². The van der Waals surface area contributed by atoms with Crippen molar-refractivity contribution in [3.63, 3.8) is 0 Å². The van der Waals surface area contributed by atoms with Crippen LogP contribution in [0, 0.1) is 6.92 Å². The number of rotatable bonds is 4. The van der Waals surface area contributed by atoms with Crippen molar-refractivity contribution in [2.45, 2.75) is 37.2 Å². The molecule has 1 aliphatic heterocycles. The molecule has 1 aliphatic rings. The molecule has 0 unspecified atom stereocenters. The number of amides is 1. The third-order valence-corrected chi connectivity index (χ3v) is 5.18. The minimum absolute atomic E-state index is 0.00909. The van der Waals surface area contributed by atoms with E-state index in [0.717, 1.165) is 23.5 Å². The van der Waals surface area contributed by atoms with Crippen LogP contribution < -0.4 is 10.5 Å². The van der Waals surface area contributed by atoms with Crippen LogP contribution in [0.15, 0.2) is 22.3 Å². The van der Waals surface area contributed by atoms with Crippen molar-refractivity contribution in [2.24, 2.45) is 0 Å². The maximum absolute atomic E-state index is 12.8. The molecule has 0 saturated carbocycles. The van der Waals surface area contributed by atoms with E-state index in [9.17, 15) is 9.59 Å². The molecular formula is C17H22N6O2S. The third-order valence-electron chi connectivity index (χ3n) is 4.20. The fourth-order valence-electron chi connectivity index (χ4n) is 2.99. The lowest BCUT2D eigenvalue weighted by atomic mass is 10.0. The maximum Gasteiger partial charge on any atom is 0.251 e. The van der Waals surface area contributed by atoms with Crippen molar-refractivity contribution >= 4 is 23.5 Å². The average Bonchev–Trinajstić information content (AvgIpc) is 2.58. The lowest BCUT2D eigenvalue weighted by Crippen LogP contribution is -2.41. The fraction of sp³-hybridized carbons (Fsp3) is 0.471. The molecule has 0 saturated heterocycles. The van der Waals surface area contributed by atoms with Crippen molar-refractivity contribution in [2.75, 3.05) is 25.5 Å². The maximum atomic E-state index is 12.8. The molecule has 2 aromatic heterocycles. The summed E-state index contributed by atoms with van der Waals surface area (Å²) in [6.07, 6.45) is 2.27. The molecule has 0 bridgehead atoms. The van der Waals surface area contributed by atoms with E-state index in [2.05, 4.69) is 19.9 Å². The molecule has 3 heterocycles. The molecular weight excluding hydrogens is 352 g/mol. The summed E-state index contributed by atoms with van der Waals surface area (Å²) in [5, 5.41) is 0.113. The van der Waals surface area contributed by atoms with Gasteiger partial charge in [-0.05, 0) is 20.3 Å². The van der Waals surface area contributed by atoms with Crippen molar-refractivity contribution in [1.82, 2.24) is 24.8 Å². The standard InChI is InChI=1S/C17H22N6O2S/c1-10-7-14(24)21-17(20-10)26-11(2)16(25)23-6-5-12-13(8-23)18-9-19-15(12)22(3)4/h7,9,11H,5-6,8H2,1-4H3,(H,20,21,24)/t11-/m1/s1. The van der Waals surface area contributed by atoms with Gasteiger partial charge in [0.1, 0.15) is 12.1 Å². The van der Waals surface area contributed by atoms with Gasteiger partial charge in [-0.15, -0.1) is 0 Å². The Morgan fingerprint density at radius 2 is 2.15 bits per heavy atom. The smallest absolute Gasteiger partial charge is 0.251 e. The van der Waals surface area contributed by atoms with E-state index in [-0.39, 0.29) is 16.7 Å². The van der Waals surface area contributed by atoms with E-state index in [4.69, 9.17) is 0 Å². The predicted octanol–water partition coefficient (Wildman–Crippen LogP) is 1.000. The number of thioether (sulfide) groups is 1. The molecule has 0 aliphatic carbocycles. The average molecular weight is 374 g/mol. The molecule has 1 N–H and O–H groups in total. The van der Waals surface area contributed by atoms with Crippen LogP contribution in [0.4, 0.5) is 5.82 Å². The van der Waals surface area contributed by atoms with Gasteiger partial charge in [-0.3, -0.25) is 9.59 Å². The van der Waals surface area contributed by atoms with Crippen LogP contribution in [-0.2, 0) is 17.8 Å². The Hall–Kier alpha value is -2.42. The third kappa shape index (κ3) is 3.87. The summed E-state index contributed by atoms with van der Waals surface area (Å²) in [5.41, 5.74) is 2.42. The van der Waals surface area contributed by atoms with Gasteiger partial charge in [-0.25, -0.2) is 15.0 Å². The molecule has 1 atom stereocenters. The minimum atomic E-state index is -0.350. The summed E-state index contributed by atoms with van der Waals surface area (Å²) in [6, 6.07) is 1.43. The summed E-state index contributed by atoms with van der Waals surface area (Å²) in [4.78, 5) is 43.8. The number of aryl methyl sites for hydroxylation is 1. The van der Waals surface area contributed by atoms with Crippen LogP contribution in [0.2, 0.25) is 0 Å². The highest BCUT2D eigenvalue weighted by Gasteiger charge is 2.28. The summed E-state index contributed by atoms with van der Waals surface area (Å²) < 4.78 is 0. The zero-order valence-electron chi connectivity index (χ0n) is 15.3. The number of nitrogens with one attached hydrogen (secondary N) is 1. The van der Waals surface area contributed by atoms with Gasteiger partial charge in [0.15, 0.2) is 5.16 Å². The number of H-pyrrole nitrogens is 1. The van der Waals surface area contributed by atoms with Crippen molar-refractivity contribution in [3.05, 3.63) is 39.7 Å². The number of aromatic nitrogens is 4. The summed E-state index contributed by atoms with van der Waals surface area (Å²) in [6.45, 7) is 4.69. The van der Waals surface area contributed by atoms with Crippen molar-refractivity contribution < 1.29 is 4.79 Å². The highest BCUT2D eigenvalue weighted by molar-refractivity contribution is 8.00. The Bertz CT molecular complexity index is 882. The van der Waals surface area contributed by atoms with Crippen LogP contribution in [0.25, 0.3) is 0 Å². The van der Waals surface area contributed by atoms with Gasteiger partial charge in [-0.1, -0.05) is 11.8 Å². The number of carbonyl (C=O) groups is 1. The first-order valence-corrected chi connectivity index (χ1v) is 9.26. The molecule has 9 heteroatoms. The number of aromatic amines is 1. The Morgan fingerprint density at radius 3 is 2.85 bits per heavy atom. The summed E-state index contributed by atoms with van der Waals surface area (Å²) in [7, 11) is 3.91. The fourth-order valence-corrected chi connectivity index (χ4v) is 3.93. The zero-order chi connectivity index (χ0) is 18.8. The van der Waals surface area contributed by atoms with Gasteiger partial charge >= 0.3 is 0 Å². The molecule has 2 aromatic rings. The summed E-state index contributed by atoms with van der Waals surface area (Å²) >= 11 is 1.26. The number of nitrogens with zero attached hydrogens (tertiary/aromatic N) is 5. The second-order valence-corrected chi connectivity index (χ2v) is 7.81. The van der Waals surface area contributed by atoms with Crippen molar-refractivity contribution in [1.29, 1.82) is 0 Å². The van der Waals surface area contributed by atoms with Gasteiger partial charge in [0, 0.05) is 38.0 Å². The van der Waals surface area contributed by atoms with Gasteiger partial charge in [0.25, 0.3) is 5.56 Å². The number of fused-ring (bicyclic) bond motifs is 1. The van der Waals surface area contributed by atoms with Gasteiger partial charge in [0.2, 0.25) is 5.91 Å². The zero-order valence-corrected chi connectivity index (χ0v) is 16.1. The van der Waals surface area contributed by atoms with Crippen LogP contribution in [0.1, 0.15) is 23.9 Å². The molecule has 0 radical (unpaired) electrons. The first-order valence-electron chi connectivity index (χ1n) is 8.38. The molecule has 0 spiro atoms. The molecule has 0 fully saturated rings. The van der Waals surface area contributed by atoms with Crippen LogP contribution >= 0.6 is 11.8 Å². The minimum Gasteiger partial charge on any atom is -0.362 e. The van der Waals surface area contributed by atoms with Gasteiger partial charge in [0.05, 0.1) is 17.5 Å². The van der Waals surface area contributed by atoms with E-state index in [0.29, 0.717) is 23.9 Å². The van der Waals surface area contributed by atoms with E-state index >= 15 is 0 Å². The topological polar surface area (TPSA) is 95.1 Å². The van der Waals surface area contributed by atoms with E-state index in [1.807, 2.05) is 25.9 Å². The lowest BCUT2D eigenvalue weighted by molar-refractivity contribution is -0.131. The second kappa shape index (κ2) is 7.45. The largest absolute Gasteiger partial charge is 0.362 e. The Balaban J connectivity index is 1.73. The summed E-state index contributed by atoms with van der Waals surface area (Å²) in [5.74, 6) is 0.917. The number of anilines is 1. The van der Waals surface area contributed by atoms with Gasteiger partial charge < -0.3 is 14.8 Å².